The summed E-state index contributed by atoms with van der Waals surface area (Å²) in [7, 11) is 5.14. The summed E-state index contributed by atoms with van der Waals surface area (Å²) in [6.07, 6.45) is 3.51. The first-order chi connectivity index (χ1) is 12.0. The lowest BCUT2D eigenvalue weighted by Gasteiger charge is -2.19. The molecule has 7 heteroatoms. The fraction of sp³-hybridized carbons (Fsp3) is 0.579. The Morgan fingerprint density at radius 1 is 1.23 bits per heavy atom. The minimum Gasteiger partial charge on any atom is -0.383 e. The van der Waals surface area contributed by atoms with Crippen LogP contribution in [0.25, 0.3) is 0 Å². The lowest BCUT2D eigenvalue weighted by atomic mass is 9.96. The molecule has 0 radical (unpaired) electrons. The number of hydrogen-bond donors (Lipinski definition) is 2. The molecule has 1 aromatic rings. The number of aliphatic imine (C=N–C) groups is 1. The summed E-state index contributed by atoms with van der Waals surface area (Å²) in [6, 6.07) is 10.6. The summed E-state index contributed by atoms with van der Waals surface area (Å²) in [4.78, 5) is 17.7. The Bertz CT molecular complexity index is 574. The van der Waals surface area contributed by atoms with Gasteiger partial charge in [0, 0.05) is 34.3 Å². The highest BCUT2D eigenvalue weighted by Crippen LogP contribution is 2.47. The molecule has 1 fully saturated rings. The van der Waals surface area contributed by atoms with Crippen molar-refractivity contribution in [2.24, 2.45) is 10.4 Å². The summed E-state index contributed by atoms with van der Waals surface area (Å²) >= 11 is 0. The van der Waals surface area contributed by atoms with Gasteiger partial charge in [-0.3, -0.25) is 4.79 Å². The predicted octanol–water partition coefficient (Wildman–Crippen LogP) is 1.90. The lowest BCUT2D eigenvalue weighted by molar-refractivity contribution is -0.127. The predicted molar refractivity (Wildman–Crippen MR) is 116 cm³/mol. The van der Waals surface area contributed by atoms with Gasteiger partial charge in [0.05, 0.1) is 6.61 Å². The monoisotopic (exact) mass is 474 g/mol. The van der Waals surface area contributed by atoms with E-state index in [0.717, 1.165) is 13.0 Å². The maximum atomic E-state index is 11.8. The largest absolute Gasteiger partial charge is 0.383 e. The first-order valence-electron chi connectivity index (χ1n) is 8.80. The number of carbonyl (C=O) groups is 1. The smallest absolute Gasteiger partial charge is 0.243 e. The van der Waals surface area contributed by atoms with Crippen molar-refractivity contribution in [3.63, 3.8) is 0 Å². The van der Waals surface area contributed by atoms with Gasteiger partial charge in [-0.05, 0) is 30.2 Å². The molecule has 0 bridgehead atoms. The van der Waals surface area contributed by atoms with E-state index in [1.165, 1.54) is 18.4 Å². The van der Waals surface area contributed by atoms with Crippen molar-refractivity contribution in [1.82, 2.24) is 15.5 Å². The number of carbonyl (C=O) groups excluding carboxylic acids is 1. The maximum Gasteiger partial charge on any atom is 0.243 e. The van der Waals surface area contributed by atoms with Gasteiger partial charge < -0.3 is 20.3 Å². The molecule has 0 unspecified atom stereocenters. The van der Waals surface area contributed by atoms with Gasteiger partial charge in [-0.1, -0.05) is 30.3 Å². The van der Waals surface area contributed by atoms with Crippen molar-refractivity contribution in [2.45, 2.75) is 19.3 Å². The van der Waals surface area contributed by atoms with Crippen LogP contribution in [0.15, 0.2) is 35.3 Å². The van der Waals surface area contributed by atoms with Crippen LogP contribution in [-0.2, 0) is 16.0 Å². The molecule has 0 heterocycles. The second kappa shape index (κ2) is 11.4. The average molecular weight is 474 g/mol. The van der Waals surface area contributed by atoms with Gasteiger partial charge in [0.15, 0.2) is 5.96 Å². The number of methoxy groups -OCH3 is 1. The van der Waals surface area contributed by atoms with Crippen LogP contribution in [-0.4, -0.2) is 64.2 Å². The highest BCUT2D eigenvalue weighted by Gasteiger charge is 2.42. The van der Waals surface area contributed by atoms with Crippen molar-refractivity contribution in [3.05, 3.63) is 35.9 Å². The van der Waals surface area contributed by atoms with Crippen LogP contribution in [0.2, 0.25) is 0 Å². The van der Waals surface area contributed by atoms with Crippen LogP contribution in [0.3, 0.4) is 0 Å². The number of nitrogens with zero attached hydrogens (tertiary/aromatic N) is 2. The third-order valence-corrected chi connectivity index (χ3v) is 4.48. The Kier molecular flexibility index (Phi) is 9.93. The van der Waals surface area contributed by atoms with Crippen molar-refractivity contribution in [2.75, 3.05) is 47.4 Å². The first-order valence-corrected chi connectivity index (χ1v) is 8.80. The van der Waals surface area contributed by atoms with Crippen LogP contribution in [0.4, 0.5) is 0 Å². The van der Waals surface area contributed by atoms with E-state index in [2.05, 4.69) is 39.9 Å². The van der Waals surface area contributed by atoms with E-state index in [0.29, 0.717) is 24.5 Å². The Balaban J connectivity index is 0.00000338. The zero-order chi connectivity index (χ0) is 18.1. The molecule has 1 aliphatic rings. The molecular weight excluding hydrogens is 443 g/mol. The van der Waals surface area contributed by atoms with Crippen LogP contribution < -0.4 is 10.6 Å². The number of benzene rings is 1. The fourth-order valence-corrected chi connectivity index (χ4v) is 2.63. The SMILES string of the molecule is COCCNC(=NCC(=O)N(C)C)NCC1(Cc2ccccc2)CC1.I. The van der Waals surface area contributed by atoms with E-state index >= 15 is 0 Å². The van der Waals surface area contributed by atoms with E-state index in [9.17, 15) is 4.79 Å². The summed E-state index contributed by atoms with van der Waals surface area (Å²) in [5.74, 6) is 0.657. The molecule has 1 aliphatic carbocycles. The Labute approximate surface area is 173 Å². The molecule has 0 aromatic heterocycles. The van der Waals surface area contributed by atoms with Crippen LogP contribution in [0, 0.1) is 5.41 Å². The Morgan fingerprint density at radius 2 is 1.92 bits per heavy atom. The molecule has 0 atom stereocenters. The molecule has 0 spiro atoms. The molecule has 2 N–H and O–H groups in total. The molecular formula is C19H31IN4O2. The van der Waals surface area contributed by atoms with Crippen molar-refractivity contribution in [3.8, 4) is 0 Å². The van der Waals surface area contributed by atoms with E-state index in [1.54, 1.807) is 26.1 Å². The van der Waals surface area contributed by atoms with Crippen molar-refractivity contribution >= 4 is 35.8 Å². The zero-order valence-electron chi connectivity index (χ0n) is 16.0. The molecule has 0 saturated heterocycles. The van der Waals surface area contributed by atoms with Gasteiger partial charge in [0.2, 0.25) is 5.91 Å². The lowest BCUT2D eigenvalue weighted by Crippen LogP contribution is -2.42. The highest BCUT2D eigenvalue weighted by atomic mass is 127. The van der Waals surface area contributed by atoms with E-state index < -0.39 is 0 Å². The minimum absolute atomic E-state index is 0. The molecule has 1 amide bonds. The standard InChI is InChI=1S/C19H30N4O2.HI/c1-23(2)17(24)14-21-18(20-11-12-25-3)22-15-19(9-10-19)13-16-7-5-4-6-8-16;/h4-8H,9-15H2,1-3H3,(H2,20,21,22);1H. The number of ether oxygens (including phenoxy) is 1. The number of halogens is 1. The van der Waals surface area contributed by atoms with E-state index in [4.69, 9.17) is 4.74 Å². The van der Waals surface area contributed by atoms with Crippen molar-refractivity contribution < 1.29 is 9.53 Å². The highest BCUT2D eigenvalue weighted by molar-refractivity contribution is 14.0. The quantitative estimate of drug-likeness (QED) is 0.249. The third kappa shape index (κ3) is 7.90. The molecule has 1 saturated carbocycles. The van der Waals surface area contributed by atoms with Gasteiger partial charge in [-0.15, -0.1) is 24.0 Å². The second-order valence-electron chi connectivity index (χ2n) is 6.89. The Morgan fingerprint density at radius 3 is 2.50 bits per heavy atom. The average Bonchev–Trinajstić information content (AvgIpc) is 3.37. The Hall–Kier alpha value is -1.35. The molecule has 26 heavy (non-hydrogen) atoms. The summed E-state index contributed by atoms with van der Waals surface area (Å²) in [5, 5.41) is 6.63. The minimum atomic E-state index is -0.0155. The molecule has 0 aliphatic heterocycles. The number of hydrogen-bond acceptors (Lipinski definition) is 3. The molecule has 2 rings (SSSR count). The fourth-order valence-electron chi connectivity index (χ4n) is 2.63. The van der Waals surface area contributed by atoms with Crippen LogP contribution in [0.1, 0.15) is 18.4 Å². The summed E-state index contributed by atoms with van der Waals surface area (Å²) < 4.78 is 5.07. The van der Waals surface area contributed by atoms with Gasteiger partial charge in [-0.2, -0.15) is 0 Å². The second-order valence-corrected chi connectivity index (χ2v) is 6.89. The van der Waals surface area contributed by atoms with E-state index in [1.807, 2.05) is 6.07 Å². The number of nitrogens with one attached hydrogen (secondary N) is 2. The summed E-state index contributed by atoms with van der Waals surface area (Å²) in [5.41, 5.74) is 1.67. The number of amides is 1. The van der Waals surface area contributed by atoms with Crippen molar-refractivity contribution in [1.29, 1.82) is 0 Å². The summed E-state index contributed by atoms with van der Waals surface area (Å²) in [6.45, 7) is 2.25. The maximum absolute atomic E-state index is 11.8. The van der Waals surface area contributed by atoms with E-state index in [-0.39, 0.29) is 36.4 Å². The zero-order valence-corrected chi connectivity index (χ0v) is 18.3. The molecule has 1 aromatic carbocycles. The van der Waals surface area contributed by atoms with Crippen LogP contribution >= 0.6 is 24.0 Å². The van der Waals surface area contributed by atoms with Crippen LogP contribution in [0.5, 0.6) is 0 Å². The number of guanidine groups is 1. The van der Waals surface area contributed by atoms with Gasteiger partial charge in [-0.25, -0.2) is 4.99 Å². The normalized spacial score (nSPS) is 15.0. The van der Waals surface area contributed by atoms with Gasteiger partial charge in [0.25, 0.3) is 0 Å². The molecule has 146 valence electrons. The van der Waals surface area contributed by atoms with Gasteiger partial charge in [0.1, 0.15) is 6.54 Å². The number of likely N-dealkylation sites (N-methyl/N-ethyl adjacent to an activating group) is 1. The first kappa shape index (κ1) is 22.7. The van der Waals surface area contributed by atoms with Gasteiger partial charge >= 0.3 is 0 Å². The number of rotatable bonds is 9. The molecule has 6 nitrogen and oxygen atoms in total. The topological polar surface area (TPSA) is 66.0 Å². The third-order valence-electron chi connectivity index (χ3n) is 4.48.